The molecule has 7 nitrogen and oxygen atoms in total. The Labute approximate surface area is 151 Å². The number of hydrogen-bond donors (Lipinski definition) is 1. The van der Waals surface area contributed by atoms with Crippen molar-refractivity contribution in [1.29, 1.82) is 0 Å². The normalized spacial score (nSPS) is 21.3. The van der Waals surface area contributed by atoms with Crippen molar-refractivity contribution in [2.75, 3.05) is 19.7 Å². The number of ether oxygens (including phenoxy) is 2. The lowest BCUT2D eigenvalue weighted by molar-refractivity contribution is -0.174. The number of amides is 1. The molecule has 136 valence electrons. The molecule has 3 heterocycles. The summed E-state index contributed by atoms with van der Waals surface area (Å²) in [6, 6.07) is 6.41. The molecule has 4 rings (SSSR count). The highest BCUT2D eigenvalue weighted by molar-refractivity contribution is 5.95. The minimum absolute atomic E-state index is 0.00197. The van der Waals surface area contributed by atoms with Gasteiger partial charge in [0.15, 0.2) is 0 Å². The molecule has 1 atom stereocenters. The Hall–Kier alpha value is -2.67. The molecule has 0 unspecified atom stereocenters. The summed E-state index contributed by atoms with van der Waals surface area (Å²) < 4.78 is 11.9. The summed E-state index contributed by atoms with van der Waals surface area (Å²) in [5, 5.41) is 9.55. The molecular formula is C19H21N3O4. The van der Waals surface area contributed by atoms with Crippen LogP contribution in [0.1, 0.15) is 28.9 Å². The van der Waals surface area contributed by atoms with E-state index in [9.17, 15) is 9.90 Å². The summed E-state index contributed by atoms with van der Waals surface area (Å²) in [6.07, 6.45) is 4.81. The molecule has 1 aromatic heterocycles. The summed E-state index contributed by atoms with van der Waals surface area (Å²) in [6.45, 7) is 3.53. The van der Waals surface area contributed by atoms with Gasteiger partial charge in [0.05, 0.1) is 31.6 Å². The number of carbonyl (C=O) groups excluding carboxylic acids is 1. The molecule has 1 N–H and O–H groups in total. The van der Waals surface area contributed by atoms with E-state index in [-0.39, 0.29) is 23.4 Å². The largest absolute Gasteiger partial charge is 0.508 e. The first-order chi connectivity index (χ1) is 12.5. The second-order valence-corrected chi connectivity index (χ2v) is 6.97. The molecular weight excluding hydrogens is 334 g/mol. The van der Waals surface area contributed by atoms with Gasteiger partial charge in [0.2, 0.25) is 5.88 Å². The van der Waals surface area contributed by atoms with Gasteiger partial charge in [-0.2, -0.15) is 0 Å². The van der Waals surface area contributed by atoms with Gasteiger partial charge in [-0.25, -0.2) is 4.98 Å². The summed E-state index contributed by atoms with van der Waals surface area (Å²) in [4.78, 5) is 22.7. The number of aryl methyl sites for hydroxylation is 1. The highest BCUT2D eigenvalue weighted by Gasteiger charge is 2.50. The molecule has 2 aromatic rings. The topological polar surface area (TPSA) is 84.8 Å². The lowest BCUT2D eigenvalue weighted by atomic mass is 9.84. The summed E-state index contributed by atoms with van der Waals surface area (Å²) in [5.41, 5.74) is 0.946. The molecule has 0 bridgehead atoms. The van der Waals surface area contributed by atoms with Gasteiger partial charge in [-0.3, -0.25) is 9.78 Å². The number of likely N-dealkylation sites (tertiary alicyclic amines) is 1. The third-order valence-electron chi connectivity index (χ3n) is 4.81. The van der Waals surface area contributed by atoms with E-state index in [4.69, 9.17) is 9.47 Å². The van der Waals surface area contributed by atoms with E-state index >= 15 is 0 Å². The molecule has 26 heavy (non-hydrogen) atoms. The van der Waals surface area contributed by atoms with E-state index in [0.717, 1.165) is 12.1 Å². The first-order valence-corrected chi connectivity index (χ1v) is 8.71. The Bertz CT molecular complexity index is 820. The van der Waals surface area contributed by atoms with Crippen LogP contribution in [0.15, 0.2) is 36.7 Å². The molecule has 0 radical (unpaired) electrons. The fourth-order valence-corrected chi connectivity index (χ4v) is 3.59. The number of benzene rings is 1. The number of rotatable bonds is 3. The Morgan fingerprint density at radius 3 is 3.00 bits per heavy atom. The molecule has 1 amide bonds. The van der Waals surface area contributed by atoms with E-state index in [1.54, 1.807) is 35.5 Å². The van der Waals surface area contributed by atoms with Crippen molar-refractivity contribution in [2.45, 2.75) is 31.5 Å². The Balaban J connectivity index is 1.37. The lowest BCUT2D eigenvalue weighted by Gasteiger charge is -2.52. The van der Waals surface area contributed by atoms with Gasteiger partial charge in [-0.15, -0.1) is 0 Å². The van der Waals surface area contributed by atoms with Crippen LogP contribution in [0.2, 0.25) is 0 Å². The van der Waals surface area contributed by atoms with Crippen molar-refractivity contribution in [3.8, 4) is 11.6 Å². The fourth-order valence-electron chi connectivity index (χ4n) is 3.59. The van der Waals surface area contributed by atoms with Crippen molar-refractivity contribution in [1.82, 2.24) is 14.9 Å². The maximum Gasteiger partial charge on any atom is 0.254 e. The third kappa shape index (κ3) is 3.35. The van der Waals surface area contributed by atoms with Crippen molar-refractivity contribution in [3.05, 3.63) is 47.9 Å². The zero-order valence-corrected chi connectivity index (χ0v) is 14.6. The van der Waals surface area contributed by atoms with Crippen LogP contribution in [0, 0.1) is 6.92 Å². The van der Waals surface area contributed by atoms with Crippen molar-refractivity contribution >= 4 is 5.91 Å². The minimum Gasteiger partial charge on any atom is -0.508 e. The third-order valence-corrected chi connectivity index (χ3v) is 4.81. The quantitative estimate of drug-likeness (QED) is 0.906. The summed E-state index contributed by atoms with van der Waals surface area (Å²) in [7, 11) is 0. The van der Waals surface area contributed by atoms with Gasteiger partial charge in [-0.1, -0.05) is 6.07 Å². The second-order valence-electron chi connectivity index (χ2n) is 6.97. The summed E-state index contributed by atoms with van der Waals surface area (Å²) in [5.74, 6) is 0.523. The number of hydrogen-bond acceptors (Lipinski definition) is 6. The van der Waals surface area contributed by atoms with Crippen LogP contribution in [0.4, 0.5) is 0 Å². The molecule has 1 aromatic carbocycles. The fraction of sp³-hybridized carbons (Fsp3) is 0.421. The predicted octanol–water partition coefficient (Wildman–Crippen LogP) is 1.94. The molecule has 2 saturated heterocycles. The van der Waals surface area contributed by atoms with Crippen molar-refractivity contribution in [3.63, 3.8) is 0 Å². The first kappa shape index (κ1) is 16.8. The van der Waals surface area contributed by atoms with Crippen LogP contribution in [0.3, 0.4) is 0 Å². The Morgan fingerprint density at radius 1 is 1.38 bits per heavy atom. The number of phenolic OH excluding ortho intramolecular Hbond substituents is 1. The zero-order valence-electron chi connectivity index (χ0n) is 14.6. The van der Waals surface area contributed by atoms with Crippen molar-refractivity contribution in [2.24, 2.45) is 0 Å². The number of aromatic nitrogens is 2. The standard InChI is InChI=1S/C19H21N3O4/c1-13-9-20-10-17(21-13)26-16-5-6-25-19(8-16)11-22(12-19)18(24)14-3-2-4-15(23)7-14/h2-4,7,9-10,16,23H,5-6,8,11-12H2,1H3/t16-/m1/s1. The molecule has 7 heteroatoms. The van der Waals surface area contributed by atoms with Gasteiger partial charge in [0, 0.05) is 24.6 Å². The average Bonchev–Trinajstić information content (AvgIpc) is 2.59. The lowest BCUT2D eigenvalue weighted by Crippen LogP contribution is -2.67. The van der Waals surface area contributed by atoms with Crippen LogP contribution in [-0.2, 0) is 4.74 Å². The minimum atomic E-state index is -0.355. The number of aromatic hydroxyl groups is 1. The number of nitrogens with zero attached hydrogens (tertiary/aromatic N) is 3. The Kier molecular flexibility index (Phi) is 4.24. The molecule has 0 saturated carbocycles. The van der Waals surface area contributed by atoms with E-state index in [0.29, 0.717) is 37.6 Å². The molecule has 0 aliphatic carbocycles. The van der Waals surface area contributed by atoms with E-state index in [1.165, 1.54) is 6.07 Å². The Morgan fingerprint density at radius 2 is 2.23 bits per heavy atom. The van der Waals surface area contributed by atoms with Gasteiger partial charge >= 0.3 is 0 Å². The maximum atomic E-state index is 12.5. The van der Waals surface area contributed by atoms with Crippen LogP contribution in [-0.4, -0.2) is 57.3 Å². The van der Waals surface area contributed by atoms with Crippen molar-refractivity contribution < 1.29 is 19.4 Å². The van der Waals surface area contributed by atoms with E-state index < -0.39 is 0 Å². The molecule has 1 spiro atoms. The van der Waals surface area contributed by atoms with Gasteiger partial charge < -0.3 is 19.5 Å². The molecule has 2 aliphatic rings. The second kappa shape index (κ2) is 6.57. The van der Waals surface area contributed by atoms with Crippen LogP contribution in [0.5, 0.6) is 11.6 Å². The number of phenols is 1. The van der Waals surface area contributed by atoms with E-state index in [1.807, 2.05) is 6.92 Å². The summed E-state index contributed by atoms with van der Waals surface area (Å²) >= 11 is 0. The highest BCUT2D eigenvalue weighted by Crippen LogP contribution is 2.36. The predicted molar refractivity (Wildman–Crippen MR) is 93.1 cm³/mol. The van der Waals surface area contributed by atoms with E-state index in [2.05, 4.69) is 9.97 Å². The maximum absolute atomic E-state index is 12.5. The van der Waals surface area contributed by atoms with Crippen LogP contribution >= 0.6 is 0 Å². The first-order valence-electron chi connectivity index (χ1n) is 8.71. The number of carbonyl (C=O) groups is 1. The average molecular weight is 355 g/mol. The SMILES string of the molecule is Cc1cncc(O[C@@H]2CCOC3(C2)CN(C(=O)c2cccc(O)c2)C3)n1. The molecule has 2 fully saturated rings. The van der Waals surface area contributed by atoms with Crippen LogP contribution < -0.4 is 4.74 Å². The van der Waals surface area contributed by atoms with Gasteiger partial charge in [0.1, 0.15) is 17.5 Å². The smallest absolute Gasteiger partial charge is 0.254 e. The monoisotopic (exact) mass is 355 g/mol. The molecule has 2 aliphatic heterocycles. The van der Waals surface area contributed by atoms with Crippen LogP contribution in [0.25, 0.3) is 0 Å². The van der Waals surface area contributed by atoms with Gasteiger partial charge in [0.25, 0.3) is 5.91 Å². The zero-order chi connectivity index (χ0) is 18.1. The van der Waals surface area contributed by atoms with Gasteiger partial charge in [-0.05, 0) is 25.1 Å². The highest BCUT2D eigenvalue weighted by atomic mass is 16.5.